The summed E-state index contributed by atoms with van der Waals surface area (Å²) in [5.74, 6) is 0.767. The first-order chi connectivity index (χ1) is 11.2. The second-order valence-electron chi connectivity index (χ2n) is 5.61. The second kappa shape index (κ2) is 9.47. The Kier molecular flexibility index (Phi) is 7.29. The van der Waals surface area contributed by atoms with Crippen LogP contribution in [0.2, 0.25) is 0 Å². The van der Waals surface area contributed by atoms with Crippen molar-refractivity contribution in [2.45, 2.75) is 50.3 Å². The Balaban J connectivity index is 1.78. The molecule has 6 heteroatoms. The molecule has 0 radical (unpaired) electrons. The lowest BCUT2D eigenvalue weighted by atomic mass is 10.1. The zero-order valence-electron chi connectivity index (χ0n) is 13.5. The van der Waals surface area contributed by atoms with E-state index in [-0.39, 0.29) is 0 Å². The van der Waals surface area contributed by atoms with Crippen LogP contribution in [0.5, 0.6) is 0 Å². The molecule has 1 unspecified atom stereocenters. The van der Waals surface area contributed by atoms with Crippen LogP contribution < -0.4 is 5.32 Å². The van der Waals surface area contributed by atoms with Crippen LogP contribution in [-0.2, 0) is 11.1 Å². The average molecular weight is 335 g/mol. The minimum atomic E-state index is -1.94. The molecule has 1 aromatic carbocycles. The number of benzene rings is 1. The van der Waals surface area contributed by atoms with Gasteiger partial charge in [-0.2, -0.15) is 0 Å². The summed E-state index contributed by atoms with van der Waals surface area (Å²) in [6, 6.07) is 6.92. The Morgan fingerprint density at radius 2 is 1.83 bits per heavy atom. The summed E-state index contributed by atoms with van der Waals surface area (Å²) in [5, 5.41) is 3.30. The highest BCUT2D eigenvalue weighted by molar-refractivity contribution is 7.79. The number of aromatic amines is 1. The summed E-state index contributed by atoms with van der Waals surface area (Å²) in [6.45, 7) is 3.15. The number of aromatic nitrogens is 2. The van der Waals surface area contributed by atoms with Gasteiger partial charge in [0.25, 0.3) is 0 Å². The highest BCUT2D eigenvalue weighted by atomic mass is 32.2. The van der Waals surface area contributed by atoms with Crippen molar-refractivity contribution in [1.29, 1.82) is 0 Å². The smallest absolute Gasteiger partial charge is 0.200 e. The van der Waals surface area contributed by atoms with Crippen LogP contribution in [-0.4, -0.2) is 25.3 Å². The Labute approximate surface area is 140 Å². The van der Waals surface area contributed by atoms with E-state index in [1.807, 2.05) is 12.1 Å². The molecule has 2 rings (SSSR count). The molecule has 0 aliphatic carbocycles. The lowest BCUT2D eigenvalue weighted by molar-refractivity contribution is 0.564. The highest BCUT2D eigenvalue weighted by Crippen LogP contribution is 2.20. The molecule has 2 aromatic rings. The molecule has 0 amide bonds. The monoisotopic (exact) mass is 335 g/mol. The van der Waals surface area contributed by atoms with Crippen LogP contribution >= 0.6 is 0 Å². The van der Waals surface area contributed by atoms with Crippen LogP contribution in [0.4, 0.5) is 5.95 Å². The molecule has 23 heavy (non-hydrogen) atoms. The van der Waals surface area contributed by atoms with Crippen molar-refractivity contribution in [1.82, 2.24) is 9.97 Å². The number of rotatable bonds is 10. The van der Waals surface area contributed by atoms with Gasteiger partial charge in [0.1, 0.15) is 0 Å². The average Bonchev–Trinajstić information content (AvgIpc) is 3.03. The van der Waals surface area contributed by atoms with E-state index in [1.54, 1.807) is 18.3 Å². The van der Waals surface area contributed by atoms with Gasteiger partial charge < -0.3 is 14.9 Å². The minimum absolute atomic E-state index is 0.398. The highest BCUT2D eigenvalue weighted by Gasteiger charge is 2.05. The van der Waals surface area contributed by atoms with Crippen molar-refractivity contribution < 1.29 is 8.76 Å². The van der Waals surface area contributed by atoms with Gasteiger partial charge in [0.2, 0.25) is 5.95 Å². The first-order valence-corrected chi connectivity index (χ1v) is 9.31. The number of hydrogen-bond donors (Lipinski definition) is 3. The fraction of sp³-hybridized carbons (Fsp3) is 0.471. The molecule has 0 saturated carbocycles. The molecule has 0 bridgehead atoms. The molecule has 1 aromatic heterocycles. The van der Waals surface area contributed by atoms with E-state index in [2.05, 4.69) is 22.2 Å². The summed E-state index contributed by atoms with van der Waals surface area (Å²) in [4.78, 5) is 7.95. The molecule has 126 valence electrons. The molecule has 3 N–H and O–H groups in total. The van der Waals surface area contributed by atoms with Crippen LogP contribution in [0.3, 0.4) is 0 Å². The molecule has 1 heterocycles. The maximum absolute atomic E-state index is 11.0. The van der Waals surface area contributed by atoms with Crippen molar-refractivity contribution in [2.75, 3.05) is 11.9 Å². The lowest BCUT2D eigenvalue weighted by Crippen LogP contribution is -2.02. The van der Waals surface area contributed by atoms with Crippen molar-refractivity contribution in [3.63, 3.8) is 0 Å². The van der Waals surface area contributed by atoms with E-state index in [9.17, 15) is 4.21 Å². The Bertz CT molecular complexity index is 611. The molecule has 5 nitrogen and oxygen atoms in total. The SMILES string of the molecule is CCCCCCCCNc1ncc(-c2ccc(S(=O)O)cc2)[nH]1. The number of nitrogens with zero attached hydrogens (tertiary/aromatic N) is 1. The van der Waals surface area contributed by atoms with Gasteiger partial charge in [-0.15, -0.1) is 0 Å². The number of hydrogen-bond acceptors (Lipinski definition) is 3. The Morgan fingerprint density at radius 1 is 1.13 bits per heavy atom. The third kappa shape index (κ3) is 5.80. The number of anilines is 1. The summed E-state index contributed by atoms with van der Waals surface area (Å²) >= 11 is -1.94. The van der Waals surface area contributed by atoms with E-state index >= 15 is 0 Å². The standard InChI is InChI=1S/C17H25N3O2S/c1-2-3-4-5-6-7-12-18-17-19-13-16(20-17)14-8-10-15(11-9-14)23(21)22/h8-11,13H,2-7,12H2,1H3,(H,21,22)(H2,18,19,20). The van der Waals surface area contributed by atoms with E-state index in [4.69, 9.17) is 4.55 Å². The van der Waals surface area contributed by atoms with Gasteiger partial charge >= 0.3 is 0 Å². The quantitative estimate of drug-likeness (QED) is 0.443. The maximum atomic E-state index is 11.0. The summed E-state index contributed by atoms with van der Waals surface area (Å²) < 4.78 is 20.0. The third-order valence-electron chi connectivity index (χ3n) is 3.77. The normalized spacial score (nSPS) is 12.3. The van der Waals surface area contributed by atoms with E-state index in [0.29, 0.717) is 4.90 Å². The van der Waals surface area contributed by atoms with Crippen LogP contribution in [0.25, 0.3) is 11.3 Å². The van der Waals surface area contributed by atoms with E-state index < -0.39 is 11.1 Å². The van der Waals surface area contributed by atoms with Crippen molar-refractivity contribution in [3.8, 4) is 11.3 Å². The van der Waals surface area contributed by atoms with Gasteiger partial charge in [-0.05, 0) is 24.1 Å². The molecule has 0 aliphatic rings. The van der Waals surface area contributed by atoms with Crippen molar-refractivity contribution in [2.24, 2.45) is 0 Å². The first-order valence-electron chi connectivity index (χ1n) is 8.21. The molecule has 0 aliphatic heterocycles. The van der Waals surface area contributed by atoms with Gasteiger partial charge in [-0.25, -0.2) is 9.19 Å². The molecule has 0 fully saturated rings. The molecule has 0 spiro atoms. The fourth-order valence-corrected chi connectivity index (χ4v) is 2.79. The van der Waals surface area contributed by atoms with Gasteiger partial charge in [0, 0.05) is 6.54 Å². The Hall–Kier alpha value is -1.66. The molecular formula is C17H25N3O2S. The van der Waals surface area contributed by atoms with Gasteiger partial charge in [0.15, 0.2) is 11.1 Å². The van der Waals surface area contributed by atoms with Crippen molar-refractivity contribution in [3.05, 3.63) is 30.5 Å². The minimum Gasteiger partial charge on any atom is -0.356 e. The number of unbranched alkanes of at least 4 members (excludes halogenated alkanes) is 5. The largest absolute Gasteiger partial charge is 0.356 e. The van der Waals surface area contributed by atoms with Crippen molar-refractivity contribution >= 4 is 17.0 Å². The predicted octanol–water partition coefficient (Wildman–Crippen LogP) is 4.43. The Morgan fingerprint density at radius 3 is 2.52 bits per heavy atom. The van der Waals surface area contributed by atoms with Crippen LogP contribution in [0.15, 0.2) is 35.4 Å². The maximum Gasteiger partial charge on any atom is 0.200 e. The van der Waals surface area contributed by atoms with Crippen LogP contribution in [0.1, 0.15) is 45.4 Å². The van der Waals surface area contributed by atoms with Crippen LogP contribution in [0, 0.1) is 0 Å². The van der Waals surface area contributed by atoms with Gasteiger partial charge in [-0.1, -0.05) is 51.2 Å². The zero-order chi connectivity index (χ0) is 16.5. The second-order valence-corrected chi connectivity index (χ2v) is 6.58. The van der Waals surface area contributed by atoms with Gasteiger partial charge in [-0.3, -0.25) is 0 Å². The predicted molar refractivity (Wildman–Crippen MR) is 94.9 cm³/mol. The summed E-state index contributed by atoms with van der Waals surface area (Å²) in [7, 11) is 0. The third-order valence-corrected chi connectivity index (χ3v) is 4.44. The van der Waals surface area contributed by atoms with E-state index in [0.717, 1.165) is 30.2 Å². The number of imidazole rings is 1. The lowest BCUT2D eigenvalue weighted by Gasteiger charge is -2.03. The zero-order valence-corrected chi connectivity index (χ0v) is 14.4. The molecule has 0 saturated heterocycles. The number of nitrogens with one attached hydrogen (secondary N) is 2. The van der Waals surface area contributed by atoms with Gasteiger partial charge in [0.05, 0.1) is 16.8 Å². The summed E-state index contributed by atoms with van der Waals surface area (Å²) in [5.41, 5.74) is 1.84. The number of H-pyrrole nitrogens is 1. The fourth-order valence-electron chi connectivity index (χ4n) is 2.42. The topological polar surface area (TPSA) is 78.0 Å². The molecule has 1 atom stereocenters. The summed E-state index contributed by atoms with van der Waals surface area (Å²) in [6.07, 6.45) is 9.42. The molecular weight excluding hydrogens is 310 g/mol. The van der Waals surface area contributed by atoms with E-state index in [1.165, 1.54) is 32.1 Å². The first kappa shape index (κ1) is 17.7.